The fourth-order valence-corrected chi connectivity index (χ4v) is 12.8. The molecule has 1 aliphatic carbocycles. The second-order valence-electron chi connectivity index (χ2n) is 18.5. The summed E-state index contributed by atoms with van der Waals surface area (Å²) in [6, 6.07) is 33.6. The zero-order valence-corrected chi connectivity index (χ0v) is 41.1. The number of aromatic nitrogens is 2. The van der Waals surface area contributed by atoms with Crippen LogP contribution < -0.4 is 9.44 Å². The first-order valence-electron chi connectivity index (χ1n) is 23.7. The Hall–Kier alpha value is -6.50. The number of benzene rings is 5. The number of anilines is 2. The van der Waals surface area contributed by atoms with Gasteiger partial charge in [-0.05, 0) is 127 Å². The summed E-state index contributed by atoms with van der Waals surface area (Å²) < 4.78 is 73.8. The normalized spacial score (nSPS) is 18.2. The molecule has 10 rings (SSSR count). The highest BCUT2D eigenvalue weighted by Gasteiger charge is 2.32. The molecule has 2 N–H and O–H groups in total. The number of nitrogens with zero attached hydrogens (tertiary/aromatic N) is 6. The van der Waals surface area contributed by atoms with E-state index in [2.05, 4.69) is 29.2 Å². The van der Waals surface area contributed by atoms with Crippen molar-refractivity contribution < 1.29 is 30.8 Å². The molecule has 7 aromatic rings. The highest BCUT2D eigenvalue weighted by molar-refractivity contribution is 7.93. The van der Waals surface area contributed by atoms with E-state index in [0.717, 1.165) is 60.8 Å². The van der Waals surface area contributed by atoms with Crippen LogP contribution in [-0.4, -0.2) is 117 Å². The van der Waals surface area contributed by atoms with Crippen molar-refractivity contribution in [3.05, 3.63) is 167 Å². The van der Waals surface area contributed by atoms with Crippen molar-refractivity contribution >= 4 is 76.6 Å². The Morgan fingerprint density at radius 2 is 1.18 bits per heavy atom. The number of piperazine rings is 2. The van der Waals surface area contributed by atoms with E-state index in [-0.39, 0.29) is 32.5 Å². The van der Waals surface area contributed by atoms with Gasteiger partial charge in [0, 0.05) is 111 Å². The number of amides is 2. The number of carbonyl (C=O) groups excluding carboxylic acids is 2. The number of rotatable bonds is 13. The van der Waals surface area contributed by atoms with Gasteiger partial charge < -0.3 is 9.80 Å². The Labute approximate surface area is 417 Å². The number of hydrogen-bond acceptors (Lipinski definition) is 10. The standard InChI is InChI=1S/C53H52ClFN8O6S2/c54-46-20-10-37(33-47(46)55)35-61-26-30-63(31-27-61)53(65)40-14-18-43(19-15-40)59-71(68,69)49-8-2-6-45-44(21-23-57-51(45)49)41-11-9-36(32-41)34-60-24-28-62(29-25-60)52(64)39-12-16-42(17-13-39)58-70(66,67)48-7-1-4-38-5-3-22-56-50(38)48/h1-8,10,12-23,33,36,41,58-59H,9,11,24-32,34-35H2. The monoisotopic (exact) mass is 1010 g/mol. The molecule has 2 saturated heterocycles. The number of halogens is 2. The van der Waals surface area contributed by atoms with Crippen LogP contribution in [0.4, 0.5) is 15.8 Å². The first-order valence-corrected chi connectivity index (χ1v) is 27.1. The fourth-order valence-electron chi connectivity index (χ4n) is 10.2. The smallest absolute Gasteiger partial charge is 0.264 e. The lowest BCUT2D eigenvalue weighted by Crippen LogP contribution is -2.49. The quantitative estimate of drug-likeness (QED) is 0.115. The second-order valence-corrected chi connectivity index (χ2v) is 22.2. The van der Waals surface area contributed by atoms with Crippen LogP contribution in [0.3, 0.4) is 0 Å². The molecule has 1 saturated carbocycles. The van der Waals surface area contributed by atoms with Gasteiger partial charge in [-0.15, -0.1) is 0 Å². The van der Waals surface area contributed by atoms with E-state index in [4.69, 9.17) is 11.6 Å². The summed E-state index contributed by atoms with van der Waals surface area (Å²) in [5.41, 5.74) is 4.30. The van der Waals surface area contributed by atoms with Gasteiger partial charge in [-0.2, -0.15) is 0 Å². The van der Waals surface area contributed by atoms with Gasteiger partial charge in [0.25, 0.3) is 31.9 Å². The molecule has 0 radical (unpaired) electrons. The van der Waals surface area contributed by atoms with Gasteiger partial charge in [0.05, 0.1) is 16.1 Å². The summed E-state index contributed by atoms with van der Waals surface area (Å²) in [6.45, 7) is 6.37. The van der Waals surface area contributed by atoms with Crippen molar-refractivity contribution in [1.82, 2.24) is 29.6 Å². The molecule has 3 fully saturated rings. The molecule has 2 amide bonds. The van der Waals surface area contributed by atoms with E-state index in [0.29, 0.717) is 85.3 Å². The summed E-state index contributed by atoms with van der Waals surface area (Å²) in [5, 5.41) is 1.61. The Kier molecular flexibility index (Phi) is 13.8. The van der Waals surface area contributed by atoms with E-state index >= 15 is 0 Å². The van der Waals surface area contributed by atoms with Crippen LogP contribution in [0.1, 0.15) is 57.0 Å². The average molecular weight is 1020 g/mol. The van der Waals surface area contributed by atoms with E-state index in [9.17, 15) is 30.8 Å². The summed E-state index contributed by atoms with van der Waals surface area (Å²) in [5.74, 6) is -0.0249. The fraction of sp³-hybridized carbons (Fsp3) is 0.283. The molecule has 0 bridgehead atoms. The number of fused-ring (bicyclic) bond motifs is 2. The predicted molar refractivity (Wildman–Crippen MR) is 273 cm³/mol. The van der Waals surface area contributed by atoms with Crippen LogP contribution in [0, 0.1) is 11.7 Å². The molecule has 0 spiro atoms. The molecule has 2 unspecified atom stereocenters. The summed E-state index contributed by atoms with van der Waals surface area (Å²) >= 11 is 5.83. The molecule has 5 aromatic carbocycles. The van der Waals surface area contributed by atoms with Gasteiger partial charge >= 0.3 is 0 Å². The van der Waals surface area contributed by atoms with Crippen LogP contribution in [-0.2, 0) is 26.6 Å². The average Bonchev–Trinajstić information content (AvgIpc) is 3.85. The maximum absolute atomic E-state index is 14.0. The van der Waals surface area contributed by atoms with Crippen LogP contribution in [0.5, 0.6) is 0 Å². The predicted octanol–water partition coefficient (Wildman–Crippen LogP) is 8.48. The molecule has 4 heterocycles. The molecule has 2 aromatic heterocycles. The van der Waals surface area contributed by atoms with Crippen LogP contribution >= 0.6 is 11.6 Å². The Morgan fingerprint density at radius 1 is 0.620 bits per heavy atom. The Balaban J connectivity index is 0.707. The Morgan fingerprint density at radius 3 is 1.80 bits per heavy atom. The van der Waals surface area contributed by atoms with Gasteiger partial charge in [-0.3, -0.25) is 38.8 Å². The van der Waals surface area contributed by atoms with Gasteiger partial charge in [0.1, 0.15) is 15.6 Å². The third-order valence-electron chi connectivity index (χ3n) is 13.9. The topological polar surface area (TPSA) is 165 Å². The van der Waals surface area contributed by atoms with Gasteiger partial charge in [-0.25, -0.2) is 21.2 Å². The number of nitrogens with one attached hydrogen (secondary N) is 2. The largest absolute Gasteiger partial charge is 0.336 e. The van der Waals surface area contributed by atoms with Crippen molar-refractivity contribution in [1.29, 1.82) is 0 Å². The maximum Gasteiger partial charge on any atom is 0.264 e. The van der Waals surface area contributed by atoms with E-state index in [1.165, 1.54) is 12.1 Å². The van der Waals surface area contributed by atoms with Gasteiger partial charge in [0.2, 0.25) is 0 Å². The molecule has 366 valence electrons. The van der Waals surface area contributed by atoms with Gasteiger partial charge in [-0.1, -0.05) is 48.0 Å². The minimum Gasteiger partial charge on any atom is -0.336 e. The SMILES string of the molecule is O=C(c1ccc(NS(=O)(=O)c2cccc3c(C4CCC(CN5CCN(C(=O)c6ccc(NS(=O)(=O)c7cccc8cccnc78)cc6)CC5)C4)ccnc23)cc1)N1CCN(Cc2ccc(Cl)c(F)c2)CC1. The summed E-state index contributed by atoms with van der Waals surface area (Å²) in [4.78, 5) is 44.1. The zero-order valence-electron chi connectivity index (χ0n) is 38.8. The minimum absolute atomic E-state index is 0.0772. The number of para-hydroxylation sites is 2. The lowest BCUT2D eigenvalue weighted by atomic mass is 9.93. The van der Waals surface area contributed by atoms with Crippen LogP contribution in [0.15, 0.2) is 144 Å². The third-order valence-corrected chi connectivity index (χ3v) is 17.0. The lowest BCUT2D eigenvalue weighted by Gasteiger charge is -2.36. The van der Waals surface area contributed by atoms with E-state index in [1.54, 1.807) is 102 Å². The van der Waals surface area contributed by atoms with Gasteiger partial charge in [0.15, 0.2) is 0 Å². The number of sulfonamides is 2. The van der Waals surface area contributed by atoms with Crippen molar-refractivity contribution in [2.75, 3.05) is 68.3 Å². The first kappa shape index (κ1) is 48.1. The summed E-state index contributed by atoms with van der Waals surface area (Å²) in [6.07, 6.45) is 6.19. The van der Waals surface area contributed by atoms with E-state index in [1.807, 2.05) is 29.2 Å². The first-order chi connectivity index (χ1) is 34.3. The molecule has 14 nitrogen and oxygen atoms in total. The molecule has 18 heteroatoms. The number of hydrogen-bond donors (Lipinski definition) is 2. The second kappa shape index (κ2) is 20.3. The molecule has 2 atom stereocenters. The van der Waals surface area contributed by atoms with Crippen molar-refractivity contribution in [2.45, 2.75) is 41.5 Å². The number of pyridine rings is 2. The molecule has 2 aliphatic heterocycles. The molecular weight excluding hydrogens is 963 g/mol. The molecular formula is C53H52ClFN8O6S2. The van der Waals surface area contributed by atoms with Crippen molar-refractivity contribution in [3.8, 4) is 0 Å². The van der Waals surface area contributed by atoms with Crippen LogP contribution in [0.25, 0.3) is 21.8 Å². The minimum atomic E-state index is -4.06. The highest BCUT2D eigenvalue weighted by Crippen LogP contribution is 2.42. The highest BCUT2D eigenvalue weighted by atomic mass is 35.5. The lowest BCUT2D eigenvalue weighted by molar-refractivity contribution is 0.0614. The van der Waals surface area contributed by atoms with Crippen molar-refractivity contribution in [3.63, 3.8) is 0 Å². The number of carbonyl (C=O) groups is 2. The van der Waals surface area contributed by atoms with Crippen molar-refractivity contribution in [2.24, 2.45) is 5.92 Å². The molecule has 3 aliphatic rings. The third kappa shape index (κ3) is 10.6. The Bertz CT molecular complexity index is 3350. The summed E-state index contributed by atoms with van der Waals surface area (Å²) in [7, 11) is -7.98. The zero-order chi connectivity index (χ0) is 49.3. The van der Waals surface area contributed by atoms with Crippen LogP contribution in [0.2, 0.25) is 5.02 Å². The van der Waals surface area contributed by atoms with E-state index < -0.39 is 25.9 Å². The molecule has 71 heavy (non-hydrogen) atoms. The maximum atomic E-state index is 14.0.